The first-order chi connectivity index (χ1) is 5.91. The summed E-state index contributed by atoms with van der Waals surface area (Å²) in [5.74, 6) is 0.488. The summed E-state index contributed by atoms with van der Waals surface area (Å²) in [7, 11) is 0.857. The van der Waals surface area contributed by atoms with E-state index in [0.717, 1.165) is 0 Å². The molecule has 4 nitrogen and oxygen atoms in total. The molecule has 0 amide bonds. The Morgan fingerprint density at radius 1 is 1.54 bits per heavy atom. The Morgan fingerprint density at radius 3 is 2.54 bits per heavy atom. The van der Waals surface area contributed by atoms with Gasteiger partial charge < -0.3 is 10.2 Å². The lowest BCUT2D eigenvalue weighted by atomic mass is 10.3. The van der Waals surface area contributed by atoms with Crippen molar-refractivity contribution in [1.29, 1.82) is 0 Å². The van der Waals surface area contributed by atoms with E-state index in [0.29, 0.717) is 11.5 Å². The van der Waals surface area contributed by atoms with Gasteiger partial charge in [0.2, 0.25) is 0 Å². The van der Waals surface area contributed by atoms with Crippen molar-refractivity contribution in [2.24, 2.45) is 0 Å². The van der Waals surface area contributed by atoms with Gasteiger partial charge in [-0.25, -0.2) is 8.42 Å². The Morgan fingerprint density at radius 2 is 2.15 bits per heavy atom. The number of sulfone groups is 1. The molecular weight excluding hydrogens is 208 g/mol. The molecule has 1 aliphatic heterocycles. The van der Waals surface area contributed by atoms with Gasteiger partial charge in [-0.3, -0.25) is 0 Å². The van der Waals surface area contributed by atoms with Crippen LogP contribution in [-0.4, -0.2) is 50.1 Å². The molecule has 1 fully saturated rings. The zero-order valence-corrected chi connectivity index (χ0v) is 9.41. The zero-order chi connectivity index (χ0) is 10.1. The molecule has 1 saturated heterocycles. The molecule has 13 heavy (non-hydrogen) atoms. The molecular formula is C7H14N2O2S2. The van der Waals surface area contributed by atoms with Crippen LogP contribution in [-0.2, 0) is 9.84 Å². The molecule has 0 bridgehead atoms. The summed E-state index contributed by atoms with van der Waals surface area (Å²) in [5, 5.41) is 3.61. The summed E-state index contributed by atoms with van der Waals surface area (Å²) < 4.78 is 22.2. The molecule has 0 radical (unpaired) electrons. The van der Waals surface area contributed by atoms with Crippen LogP contribution >= 0.6 is 12.2 Å². The fourth-order valence-electron chi connectivity index (χ4n) is 1.21. The number of hydrogen-bond acceptors (Lipinski definition) is 3. The summed E-state index contributed by atoms with van der Waals surface area (Å²) >= 11 is 5.01. The van der Waals surface area contributed by atoms with E-state index in [1.54, 1.807) is 4.90 Å². The Balaban J connectivity index is 2.46. The first-order valence-corrected chi connectivity index (χ1v) is 6.32. The van der Waals surface area contributed by atoms with Crippen LogP contribution in [0.5, 0.6) is 0 Å². The van der Waals surface area contributed by atoms with E-state index in [1.807, 2.05) is 14.1 Å². The van der Waals surface area contributed by atoms with Gasteiger partial charge in [-0.1, -0.05) is 0 Å². The molecule has 0 spiro atoms. The normalized spacial score (nSPS) is 25.5. The quantitative estimate of drug-likeness (QED) is 0.612. The fraction of sp³-hybridized carbons (Fsp3) is 0.857. The standard InChI is InChI=1S/C7H14N2O2S2/c1-9(2)7(12)8-6-3-4-13(10,11)5-6/h6H,3-5H2,1-2H3,(H,8,12)/t6-/m1/s1. The van der Waals surface area contributed by atoms with Crippen molar-refractivity contribution < 1.29 is 8.42 Å². The minimum atomic E-state index is -2.81. The van der Waals surface area contributed by atoms with E-state index in [1.165, 1.54) is 0 Å². The van der Waals surface area contributed by atoms with Gasteiger partial charge in [0.25, 0.3) is 0 Å². The molecule has 0 aromatic carbocycles. The summed E-state index contributed by atoms with van der Waals surface area (Å²) in [4.78, 5) is 1.76. The highest BCUT2D eigenvalue weighted by molar-refractivity contribution is 7.91. The second-order valence-corrected chi connectivity index (χ2v) is 6.06. The maximum atomic E-state index is 11.1. The molecule has 1 rings (SSSR count). The molecule has 0 aromatic rings. The maximum Gasteiger partial charge on any atom is 0.168 e. The number of rotatable bonds is 1. The van der Waals surface area contributed by atoms with Crippen molar-refractivity contribution in [3.8, 4) is 0 Å². The molecule has 1 N–H and O–H groups in total. The van der Waals surface area contributed by atoms with E-state index in [-0.39, 0.29) is 17.5 Å². The predicted molar refractivity (Wildman–Crippen MR) is 56.5 cm³/mol. The van der Waals surface area contributed by atoms with Crippen molar-refractivity contribution in [2.75, 3.05) is 25.6 Å². The van der Waals surface area contributed by atoms with Crippen molar-refractivity contribution in [1.82, 2.24) is 10.2 Å². The largest absolute Gasteiger partial charge is 0.359 e. The fourth-order valence-corrected chi connectivity index (χ4v) is 3.05. The minimum Gasteiger partial charge on any atom is -0.359 e. The molecule has 76 valence electrons. The molecule has 1 aliphatic rings. The Hall–Kier alpha value is -0.360. The van der Waals surface area contributed by atoms with Crippen LogP contribution < -0.4 is 5.32 Å². The first-order valence-electron chi connectivity index (χ1n) is 4.09. The third-order valence-electron chi connectivity index (χ3n) is 1.97. The lowest BCUT2D eigenvalue weighted by Crippen LogP contribution is -2.41. The first kappa shape index (κ1) is 10.7. The number of nitrogens with one attached hydrogen (secondary N) is 1. The number of thiocarbonyl (C=S) groups is 1. The van der Waals surface area contributed by atoms with Gasteiger partial charge in [0.1, 0.15) is 0 Å². The SMILES string of the molecule is CN(C)C(=S)N[C@@H]1CCS(=O)(=O)C1. The molecule has 1 heterocycles. The topological polar surface area (TPSA) is 49.4 Å². The van der Waals surface area contributed by atoms with Gasteiger partial charge >= 0.3 is 0 Å². The highest BCUT2D eigenvalue weighted by Gasteiger charge is 2.28. The Labute approximate surface area is 84.2 Å². The van der Waals surface area contributed by atoms with Crippen molar-refractivity contribution >= 4 is 27.2 Å². The van der Waals surface area contributed by atoms with Crippen LogP contribution in [0.2, 0.25) is 0 Å². The van der Waals surface area contributed by atoms with E-state index in [2.05, 4.69) is 5.32 Å². The highest BCUT2D eigenvalue weighted by Crippen LogP contribution is 2.11. The van der Waals surface area contributed by atoms with Gasteiger partial charge in [0.15, 0.2) is 14.9 Å². The molecule has 1 atom stereocenters. The Bertz CT molecular complexity index is 298. The van der Waals surface area contributed by atoms with Crippen LogP contribution in [0.25, 0.3) is 0 Å². The lowest BCUT2D eigenvalue weighted by Gasteiger charge is -2.18. The van der Waals surface area contributed by atoms with Gasteiger partial charge in [0, 0.05) is 20.1 Å². The second-order valence-electron chi connectivity index (χ2n) is 3.44. The third kappa shape index (κ3) is 3.11. The predicted octanol–water partition coefficient (Wildman–Crippen LogP) is -0.390. The van der Waals surface area contributed by atoms with Crippen LogP contribution in [0, 0.1) is 0 Å². The van der Waals surface area contributed by atoms with Crippen LogP contribution in [0.15, 0.2) is 0 Å². The molecule has 0 aliphatic carbocycles. The zero-order valence-electron chi connectivity index (χ0n) is 7.78. The monoisotopic (exact) mass is 222 g/mol. The summed E-state index contributed by atoms with van der Waals surface area (Å²) in [5.41, 5.74) is 0. The molecule has 6 heteroatoms. The smallest absolute Gasteiger partial charge is 0.168 e. The Kier molecular flexibility index (Phi) is 3.13. The van der Waals surface area contributed by atoms with Crippen molar-refractivity contribution in [2.45, 2.75) is 12.5 Å². The van der Waals surface area contributed by atoms with Crippen molar-refractivity contribution in [3.63, 3.8) is 0 Å². The maximum absolute atomic E-state index is 11.1. The second kappa shape index (κ2) is 3.79. The number of hydrogen-bond donors (Lipinski definition) is 1. The van der Waals surface area contributed by atoms with Gasteiger partial charge in [0.05, 0.1) is 11.5 Å². The van der Waals surface area contributed by atoms with Gasteiger partial charge in [-0.2, -0.15) is 0 Å². The van der Waals surface area contributed by atoms with Crippen molar-refractivity contribution in [3.05, 3.63) is 0 Å². The average molecular weight is 222 g/mol. The van der Waals surface area contributed by atoms with E-state index in [9.17, 15) is 8.42 Å². The lowest BCUT2D eigenvalue weighted by molar-refractivity contribution is 0.565. The summed E-state index contributed by atoms with van der Waals surface area (Å²) in [6.45, 7) is 0. The molecule has 0 saturated carbocycles. The van der Waals surface area contributed by atoms with E-state index in [4.69, 9.17) is 12.2 Å². The summed E-state index contributed by atoms with van der Waals surface area (Å²) in [6.07, 6.45) is 0.663. The third-order valence-corrected chi connectivity index (χ3v) is 4.22. The van der Waals surface area contributed by atoms with E-state index >= 15 is 0 Å². The van der Waals surface area contributed by atoms with Crippen LogP contribution in [0.3, 0.4) is 0 Å². The van der Waals surface area contributed by atoms with Gasteiger partial charge in [-0.15, -0.1) is 0 Å². The van der Waals surface area contributed by atoms with Crippen LogP contribution in [0.4, 0.5) is 0 Å². The molecule has 0 unspecified atom stereocenters. The van der Waals surface area contributed by atoms with Gasteiger partial charge in [-0.05, 0) is 18.6 Å². The van der Waals surface area contributed by atoms with Crippen LogP contribution in [0.1, 0.15) is 6.42 Å². The molecule has 0 aromatic heterocycles. The highest BCUT2D eigenvalue weighted by atomic mass is 32.2. The van der Waals surface area contributed by atoms with E-state index < -0.39 is 9.84 Å². The number of nitrogens with zero attached hydrogens (tertiary/aromatic N) is 1. The minimum absolute atomic E-state index is 0.0000926. The summed E-state index contributed by atoms with van der Waals surface area (Å²) in [6, 6.07) is -0.0000926. The average Bonchev–Trinajstić information content (AvgIpc) is 2.30.